The van der Waals surface area contributed by atoms with E-state index in [0.717, 1.165) is 35.1 Å². The fourth-order valence-electron chi connectivity index (χ4n) is 6.47. The molecule has 2 atom stereocenters. The van der Waals surface area contributed by atoms with Gasteiger partial charge in [-0.3, -0.25) is 4.79 Å². The summed E-state index contributed by atoms with van der Waals surface area (Å²) in [6.45, 7) is 9.23. The molecule has 2 N–H and O–H groups in total. The lowest BCUT2D eigenvalue weighted by Gasteiger charge is -2.39. The Morgan fingerprint density at radius 3 is 2.35 bits per heavy atom. The molecule has 2 aromatic heterocycles. The Hall–Kier alpha value is -4.45. The Balaban J connectivity index is 1.31. The number of alkyl halides is 3. The molecule has 9 nitrogen and oxygen atoms in total. The number of anilines is 1. The number of nitrogens with one attached hydrogen (secondary N) is 1. The summed E-state index contributed by atoms with van der Waals surface area (Å²) in [4.78, 5) is 22.2. The molecule has 4 aromatic rings. The molecule has 1 spiro atoms. The van der Waals surface area contributed by atoms with Gasteiger partial charge in [-0.2, -0.15) is 23.3 Å². The molecule has 0 radical (unpaired) electrons. The molecule has 0 aliphatic carbocycles. The Labute approximate surface area is 265 Å². The van der Waals surface area contributed by atoms with Gasteiger partial charge in [-0.05, 0) is 86.8 Å². The maximum atomic E-state index is 14.9. The first-order valence-electron chi connectivity index (χ1n) is 15.3. The summed E-state index contributed by atoms with van der Waals surface area (Å²) >= 11 is 0. The zero-order chi connectivity index (χ0) is 32.8. The van der Waals surface area contributed by atoms with E-state index in [1.54, 1.807) is 38.2 Å². The van der Waals surface area contributed by atoms with Crippen molar-refractivity contribution in [3.63, 3.8) is 0 Å². The quantitative estimate of drug-likeness (QED) is 0.245. The van der Waals surface area contributed by atoms with Crippen molar-refractivity contribution in [3.8, 4) is 22.7 Å². The van der Waals surface area contributed by atoms with Crippen LogP contribution in [0, 0.1) is 33.1 Å². The van der Waals surface area contributed by atoms with E-state index in [-0.39, 0.29) is 28.4 Å². The summed E-state index contributed by atoms with van der Waals surface area (Å²) in [6, 6.07) is 13.4. The number of carboxylic acid groups (broad SMARTS) is 1. The Bertz CT molecular complexity index is 1760. The van der Waals surface area contributed by atoms with Crippen LogP contribution in [0.5, 0.6) is 5.88 Å². The molecular weight excluding hydrogens is 597 g/mol. The molecule has 0 bridgehead atoms. The second-order valence-corrected chi connectivity index (χ2v) is 12.6. The molecule has 0 saturated carbocycles. The van der Waals surface area contributed by atoms with Crippen molar-refractivity contribution in [2.45, 2.75) is 65.3 Å². The van der Waals surface area contributed by atoms with E-state index in [9.17, 15) is 23.1 Å². The van der Waals surface area contributed by atoms with Crippen molar-refractivity contribution < 1.29 is 27.8 Å². The van der Waals surface area contributed by atoms with E-state index in [0.29, 0.717) is 37.6 Å². The van der Waals surface area contributed by atoms with Gasteiger partial charge in [0.1, 0.15) is 17.7 Å². The normalized spacial score (nSPS) is 18.6. The highest BCUT2D eigenvalue weighted by molar-refractivity contribution is 5.74. The van der Waals surface area contributed by atoms with Gasteiger partial charge in [0.05, 0.1) is 11.4 Å². The van der Waals surface area contributed by atoms with Crippen molar-refractivity contribution in [2.24, 2.45) is 5.41 Å². The minimum absolute atomic E-state index is 0.0948. The van der Waals surface area contributed by atoms with E-state index in [2.05, 4.69) is 20.4 Å². The molecule has 2 aromatic carbocycles. The van der Waals surface area contributed by atoms with Crippen LogP contribution < -0.4 is 15.0 Å². The molecule has 2 fully saturated rings. The molecule has 12 heteroatoms. The highest BCUT2D eigenvalue weighted by Gasteiger charge is 2.46. The highest BCUT2D eigenvalue weighted by atomic mass is 19.4. The average molecular weight is 635 g/mol. The van der Waals surface area contributed by atoms with Crippen LogP contribution in [0.15, 0.2) is 54.7 Å². The van der Waals surface area contributed by atoms with Gasteiger partial charge in [0.2, 0.25) is 12.0 Å². The van der Waals surface area contributed by atoms with Gasteiger partial charge < -0.3 is 20.1 Å². The first-order chi connectivity index (χ1) is 21.8. The number of piperidine rings is 1. The molecule has 0 amide bonds. The number of aryl methyl sites for hydroxylation is 4. The number of ether oxygens (including phenoxy) is 1. The zero-order valence-electron chi connectivity index (χ0n) is 26.2. The lowest BCUT2D eigenvalue weighted by Crippen LogP contribution is -2.41. The van der Waals surface area contributed by atoms with Crippen LogP contribution in [0.25, 0.3) is 16.8 Å². The number of aromatic nitrogens is 4. The third kappa shape index (κ3) is 6.44. The van der Waals surface area contributed by atoms with Crippen LogP contribution in [0.3, 0.4) is 0 Å². The van der Waals surface area contributed by atoms with Gasteiger partial charge in [-0.1, -0.05) is 30.3 Å². The summed E-state index contributed by atoms with van der Waals surface area (Å²) in [5.74, 6) is -0.265. The number of benzene rings is 2. The Kier molecular flexibility index (Phi) is 8.26. The van der Waals surface area contributed by atoms with Gasteiger partial charge in [0.15, 0.2) is 0 Å². The van der Waals surface area contributed by atoms with Crippen LogP contribution in [-0.4, -0.2) is 62.7 Å². The second kappa shape index (κ2) is 12.1. The van der Waals surface area contributed by atoms with Crippen LogP contribution in [0.1, 0.15) is 53.6 Å². The van der Waals surface area contributed by atoms with E-state index in [4.69, 9.17) is 4.74 Å². The first-order valence-corrected chi connectivity index (χ1v) is 15.3. The Morgan fingerprint density at radius 2 is 1.72 bits per heavy atom. The molecule has 1 unspecified atom stereocenters. The van der Waals surface area contributed by atoms with Crippen molar-refractivity contribution >= 4 is 11.8 Å². The third-order valence-corrected chi connectivity index (χ3v) is 9.27. The number of carboxylic acids is 1. The topological polar surface area (TPSA) is 105 Å². The predicted molar refractivity (Wildman–Crippen MR) is 167 cm³/mol. The van der Waals surface area contributed by atoms with Crippen LogP contribution in [-0.2, 0) is 4.79 Å². The molecule has 6 rings (SSSR count). The molecule has 242 valence electrons. The second-order valence-electron chi connectivity index (χ2n) is 12.6. The fraction of sp³-hybridized carbons (Fsp3) is 0.412. The maximum Gasteiger partial charge on any atom is 0.429 e. The Morgan fingerprint density at radius 1 is 1.00 bits per heavy atom. The summed E-state index contributed by atoms with van der Waals surface area (Å²) in [7, 11) is 0. The molecule has 2 saturated heterocycles. The summed E-state index contributed by atoms with van der Waals surface area (Å²) in [5.41, 5.74) is 4.55. The fourth-order valence-corrected chi connectivity index (χ4v) is 6.47. The van der Waals surface area contributed by atoms with Crippen LogP contribution in [0.2, 0.25) is 0 Å². The van der Waals surface area contributed by atoms with Crippen molar-refractivity contribution in [1.29, 1.82) is 0 Å². The largest absolute Gasteiger partial charge is 0.480 e. The number of carbonyl (C=O) groups is 1. The molecule has 4 heterocycles. The van der Waals surface area contributed by atoms with E-state index < -0.39 is 24.3 Å². The van der Waals surface area contributed by atoms with E-state index in [1.807, 2.05) is 36.9 Å². The van der Waals surface area contributed by atoms with Crippen LogP contribution >= 0.6 is 0 Å². The molecular formula is C34H37F3N6O3. The zero-order valence-corrected chi connectivity index (χ0v) is 26.2. The molecule has 2 aliphatic rings. The van der Waals surface area contributed by atoms with Gasteiger partial charge in [-0.15, -0.1) is 0 Å². The average Bonchev–Trinajstić information content (AvgIpc) is 3.63. The summed E-state index contributed by atoms with van der Waals surface area (Å²) < 4.78 is 51.8. The van der Waals surface area contributed by atoms with Gasteiger partial charge in [-0.25, -0.2) is 9.67 Å². The third-order valence-electron chi connectivity index (χ3n) is 9.27. The van der Waals surface area contributed by atoms with E-state index in [1.165, 1.54) is 16.8 Å². The lowest BCUT2D eigenvalue weighted by atomic mass is 9.76. The minimum atomic E-state index is -4.77. The molecule has 2 aliphatic heterocycles. The summed E-state index contributed by atoms with van der Waals surface area (Å²) in [5, 5.41) is 16.9. The number of halogens is 3. The monoisotopic (exact) mass is 634 g/mol. The van der Waals surface area contributed by atoms with Crippen LogP contribution in [0.4, 0.5) is 19.0 Å². The standard InChI is InChI=1S/C34H37F3N6O3/c1-20-5-6-24(15-21(20)2)25-7-8-26(28(16-25)43-12-9-22(3)41-43)31(34(35,36)37)46-30-17-29(39-23(4)40-30)42-13-10-33(11-14-42)18-27(32(44)45)38-19-33/h5-9,12,15-17,27,31,38H,10-11,13-14,18-19H2,1-4H3,(H,44,45)/t27?,31-/m1/s1. The van der Waals surface area contributed by atoms with Crippen molar-refractivity contribution in [3.05, 3.63) is 82.9 Å². The predicted octanol–water partition coefficient (Wildman–Crippen LogP) is 6.28. The number of rotatable bonds is 7. The van der Waals surface area contributed by atoms with E-state index >= 15 is 0 Å². The minimum Gasteiger partial charge on any atom is -0.480 e. The van der Waals surface area contributed by atoms with Gasteiger partial charge >= 0.3 is 12.1 Å². The highest BCUT2D eigenvalue weighted by Crippen LogP contribution is 2.42. The molecule has 46 heavy (non-hydrogen) atoms. The number of hydrogen-bond donors (Lipinski definition) is 2. The maximum absolute atomic E-state index is 14.9. The lowest BCUT2D eigenvalue weighted by molar-refractivity contribution is -0.198. The number of nitrogens with zero attached hydrogens (tertiary/aromatic N) is 5. The SMILES string of the molecule is Cc1ccn(-c2cc(-c3ccc(C)c(C)c3)ccc2[C@@H](Oc2cc(N3CCC4(CC3)CNC(C(=O)O)C4)nc(C)n2)C(F)(F)F)n1. The first kappa shape index (κ1) is 31.5. The summed E-state index contributed by atoms with van der Waals surface area (Å²) in [6.07, 6.45) is -3.42. The number of aliphatic carboxylic acids is 1. The van der Waals surface area contributed by atoms with Crippen molar-refractivity contribution in [1.82, 2.24) is 25.1 Å². The van der Waals surface area contributed by atoms with Gasteiger partial charge in [0.25, 0.3) is 0 Å². The van der Waals surface area contributed by atoms with Gasteiger partial charge in [0, 0.05) is 37.5 Å². The number of hydrogen-bond acceptors (Lipinski definition) is 7. The smallest absolute Gasteiger partial charge is 0.429 e. The van der Waals surface area contributed by atoms with Crippen molar-refractivity contribution in [2.75, 3.05) is 24.5 Å².